The van der Waals surface area contributed by atoms with E-state index in [0.29, 0.717) is 28.0 Å². The second kappa shape index (κ2) is 7.93. The largest absolute Gasteiger partial charge is 0.457 e. The number of guanidine groups is 2. The molecule has 0 bridgehead atoms. The highest BCUT2D eigenvalue weighted by atomic mass is 35.5. The Morgan fingerprint density at radius 2 is 1.79 bits per heavy atom. The normalized spacial score (nSPS) is 18.3. The van der Waals surface area contributed by atoms with Crippen LogP contribution in [-0.2, 0) is 6.61 Å². The standard InChI is InChI=1S/C21H24ClN5O2/c22-15-4-7-17(8-5-15)29-18-9-6-16(12-14(18)13-28)27-20(24)25-19(23)26-21(27)10-2-1-3-11-21/h4-9,12,28H,1-3,10-11,13H2,(H4,23,24,25,26). The number of aliphatic imine (C=N–C) groups is 2. The summed E-state index contributed by atoms with van der Waals surface area (Å²) in [7, 11) is 0. The Bertz CT molecular complexity index is 952. The lowest BCUT2D eigenvalue weighted by atomic mass is 9.87. The van der Waals surface area contributed by atoms with Crippen molar-refractivity contribution in [3.63, 3.8) is 0 Å². The topological polar surface area (TPSA) is 109 Å². The first-order valence-electron chi connectivity index (χ1n) is 9.68. The van der Waals surface area contributed by atoms with Gasteiger partial charge in [0.05, 0.1) is 6.61 Å². The summed E-state index contributed by atoms with van der Waals surface area (Å²) < 4.78 is 5.93. The van der Waals surface area contributed by atoms with E-state index in [1.165, 1.54) is 0 Å². The van der Waals surface area contributed by atoms with Crippen molar-refractivity contribution in [2.24, 2.45) is 21.5 Å². The molecule has 7 nitrogen and oxygen atoms in total. The molecule has 1 aliphatic carbocycles. The third-order valence-electron chi connectivity index (χ3n) is 5.37. The lowest BCUT2D eigenvalue weighted by Gasteiger charge is -2.45. The van der Waals surface area contributed by atoms with Crippen LogP contribution in [0, 0.1) is 0 Å². The number of hydrogen-bond acceptors (Lipinski definition) is 7. The van der Waals surface area contributed by atoms with E-state index in [1.807, 2.05) is 23.1 Å². The van der Waals surface area contributed by atoms with Crippen LogP contribution in [0.4, 0.5) is 5.69 Å². The number of nitrogens with two attached hydrogens (primary N) is 2. The summed E-state index contributed by atoms with van der Waals surface area (Å²) in [5.74, 6) is 1.73. The number of rotatable bonds is 4. The molecule has 1 saturated carbocycles. The van der Waals surface area contributed by atoms with Gasteiger partial charge in [-0.3, -0.25) is 4.90 Å². The minimum absolute atomic E-state index is 0.180. The molecule has 0 amide bonds. The molecule has 4 rings (SSSR count). The summed E-state index contributed by atoms with van der Waals surface area (Å²) in [6, 6.07) is 12.7. The second-order valence-electron chi connectivity index (χ2n) is 7.32. The highest BCUT2D eigenvalue weighted by Crippen LogP contribution is 2.40. The smallest absolute Gasteiger partial charge is 0.220 e. The highest BCUT2D eigenvalue weighted by Gasteiger charge is 2.42. The number of aliphatic hydroxyl groups excluding tert-OH is 1. The highest BCUT2D eigenvalue weighted by molar-refractivity contribution is 6.30. The van der Waals surface area contributed by atoms with Crippen molar-refractivity contribution in [2.75, 3.05) is 4.90 Å². The van der Waals surface area contributed by atoms with Gasteiger partial charge in [-0.05, 0) is 68.1 Å². The van der Waals surface area contributed by atoms with Crippen LogP contribution in [0.3, 0.4) is 0 Å². The molecule has 1 heterocycles. The van der Waals surface area contributed by atoms with Crippen LogP contribution in [-0.4, -0.2) is 22.7 Å². The molecule has 0 unspecified atom stereocenters. The zero-order valence-electron chi connectivity index (χ0n) is 16.0. The number of anilines is 1. The summed E-state index contributed by atoms with van der Waals surface area (Å²) in [6.07, 6.45) is 4.96. The Kier molecular flexibility index (Phi) is 5.34. The predicted octanol–water partition coefficient (Wildman–Crippen LogP) is 3.73. The molecular weight excluding hydrogens is 390 g/mol. The average molecular weight is 414 g/mol. The fraction of sp³-hybridized carbons (Fsp3) is 0.333. The van der Waals surface area contributed by atoms with Gasteiger partial charge in [-0.1, -0.05) is 18.0 Å². The maximum atomic E-state index is 9.94. The maximum absolute atomic E-state index is 9.94. The lowest BCUT2D eigenvalue weighted by molar-refractivity contribution is 0.276. The Labute approximate surface area is 174 Å². The molecule has 29 heavy (non-hydrogen) atoms. The van der Waals surface area contributed by atoms with E-state index in [9.17, 15) is 5.11 Å². The van der Waals surface area contributed by atoms with Crippen LogP contribution >= 0.6 is 11.6 Å². The van der Waals surface area contributed by atoms with Crippen molar-refractivity contribution < 1.29 is 9.84 Å². The van der Waals surface area contributed by atoms with Gasteiger partial charge in [-0.25, -0.2) is 4.99 Å². The summed E-state index contributed by atoms with van der Waals surface area (Å²) >= 11 is 5.93. The molecule has 0 aromatic heterocycles. The molecule has 1 fully saturated rings. The summed E-state index contributed by atoms with van der Waals surface area (Å²) in [6.45, 7) is -0.180. The molecule has 152 valence electrons. The monoisotopic (exact) mass is 413 g/mol. The number of aliphatic hydroxyl groups is 1. The quantitative estimate of drug-likeness (QED) is 0.707. The fourth-order valence-electron chi connectivity index (χ4n) is 4.05. The van der Waals surface area contributed by atoms with Gasteiger partial charge in [0.1, 0.15) is 17.2 Å². The van der Waals surface area contributed by atoms with Crippen molar-refractivity contribution in [1.29, 1.82) is 0 Å². The van der Waals surface area contributed by atoms with E-state index in [2.05, 4.69) is 9.98 Å². The molecule has 0 atom stereocenters. The minimum Gasteiger partial charge on any atom is -0.457 e. The Balaban J connectivity index is 1.69. The minimum atomic E-state index is -0.528. The van der Waals surface area contributed by atoms with E-state index in [1.54, 1.807) is 24.3 Å². The van der Waals surface area contributed by atoms with Crippen molar-refractivity contribution >= 4 is 29.2 Å². The molecule has 2 aromatic rings. The first-order chi connectivity index (χ1) is 14.0. The SMILES string of the molecule is NC1=NC2(CCCCC2)N(c2ccc(Oc3ccc(Cl)cc3)c(CO)c2)C(N)=N1. The summed E-state index contributed by atoms with van der Waals surface area (Å²) in [4.78, 5) is 10.8. The van der Waals surface area contributed by atoms with Gasteiger partial charge in [0, 0.05) is 16.3 Å². The zero-order chi connectivity index (χ0) is 20.4. The lowest BCUT2D eigenvalue weighted by Crippen LogP contribution is -2.58. The Morgan fingerprint density at radius 3 is 2.48 bits per heavy atom. The van der Waals surface area contributed by atoms with E-state index < -0.39 is 5.66 Å². The van der Waals surface area contributed by atoms with Gasteiger partial charge in [0.15, 0.2) is 0 Å². The van der Waals surface area contributed by atoms with Gasteiger partial charge in [-0.2, -0.15) is 4.99 Å². The fourth-order valence-corrected chi connectivity index (χ4v) is 4.18. The number of hydrogen-bond donors (Lipinski definition) is 3. The van der Waals surface area contributed by atoms with Gasteiger partial charge < -0.3 is 21.3 Å². The predicted molar refractivity (Wildman–Crippen MR) is 115 cm³/mol. The summed E-state index contributed by atoms with van der Waals surface area (Å²) in [5.41, 5.74) is 13.1. The van der Waals surface area contributed by atoms with Gasteiger partial charge in [0.25, 0.3) is 0 Å². The van der Waals surface area contributed by atoms with Crippen LogP contribution in [0.15, 0.2) is 52.4 Å². The van der Waals surface area contributed by atoms with Gasteiger partial charge in [-0.15, -0.1) is 0 Å². The molecule has 1 spiro atoms. The van der Waals surface area contributed by atoms with Crippen LogP contribution in [0.2, 0.25) is 5.02 Å². The average Bonchev–Trinajstić information content (AvgIpc) is 2.70. The van der Waals surface area contributed by atoms with E-state index >= 15 is 0 Å². The number of benzene rings is 2. The molecule has 2 aromatic carbocycles. The number of ether oxygens (including phenoxy) is 1. The third-order valence-corrected chi connectivity index (χ3v) is 5.62. The van der Waals surface area contributed by atoms with E-state index in [-0.39, 0.29) is 12.6 Å². The molecule has 0 saturated heterocycles. The molecule has 0 radical (unpaired) electrons. The van der Waals surface area contributed by atoms with E-state index in [4.69, 9.17) is 27.8 Å². The third kappa shape index (κ3) is 3.88. The van der Waals surface area contributed by atoms with Crippen LogP contribution in [0.1, 0.15) is 37.7 Å². The Hall–Kier alpha value is -2.77. The van der Waals surface area contributed by atoms with Crippen LogP contribution < -0.4 is 21.1 Å². The van der Waals surface area contributed by atoms with Crippen molar-refractivity contribution in [3.05, 3.63) is 53.1 Å². The first-order valence-corrected chi connectivity index (χ1v) is 10.1. The molecule has 2 aliphatic rings. The molecule has 8 heteroatoms. The zero-order valence-corrected chi connectivity index (χ0v) is 16.8. The molecular formula is C21H24ClN5O2. The summed E-state index contributed by atoms with van der Waals surface area (Å²) in [5, 5.41) is 10.6. The van der Waals surface area contributed by atoms with Crippen molar-refractivity contribution in [3.8, 4) is 11.5 Å². The van der Waals surface area contributed by atoms with Crippen LogP contribution in [0.25, 0.3) is 0 Å². The van der Waals surface area contributed by atoms with Crippen molar-refractivity contribution in [2.45, 2.75) is 44.4 Å². The Morgan fingerprint density at radius 1 is 1.07 bits per heavy atom. The van der Waals surface area contributed by atoms with Gasteiger partial charge >= 0.3 is 0 Å². The van der Waals surface area contributed by atoms with Crippen molar-refractivity contribution in [1.82, 2.24) is 0 Å². The van der Waals surface area contributed by atoms with Gasteiger partial charge in [0.2, 0.25) is 11.9 Å². The maximum Gasteiger partial charge on any atom is 0.220 e. The van der Waals surface area contributed by atoms with Crippen LogP contribution in [0.5, 0.6) is 11.5 Å². The number of halogens is 1. The first kappa shape index (κ1) is 19.5. The molecule has 1 aliphatic heterocycles. The number of nitrogens with zero attached hydrogens (tertiary/aromatic N) is 3. The second-order valence-corrected chi connectivity index (χ2v) is 7.76. The molecule has 5 N–H and O–H groups in total. The van der Waals surface area contributed by atoms with E-state index in [0.717, 1.165) is 37.8 Å².